The van der Waals surface area contributed by atoms with E-state index < -0.39 is 0 Å². The Morgan fingerprint density at radius 2 is 2.00 bits per heavy atom. The fraction of sp³-hybridized carbons (Fsp3) is 0.200. The number of carbonyl (C=O) groups excluding carboxylic acids is 1. The smallest absolute Gasteiger partial charge is 0.250 e. The maximum atomic E-state index is 12.1. The van der Waals surface area contributed by atoms with E-state index >= 15 is 0 Å². The van der Waals surface area contributed by atoms with Crippen molar-refractivity contribution in [2.45, 2.75) is 5.16 Å². The number of rotatable bonds is 7. The number of hydrazone groups is 1. The molecule has 3 aromatic rings. The molecule has 0 bridgehead atoms. The molecular formula is C20H21ClN6OS. The molecule has 1 N–H and O–H groups in total. The summed E-state index contributed by atoms with van der Waals surface area (Å²) in [5.41, 5.74) is 5.40. The second kappa shape index (κ2) is 9.58. The van der Waals surface area contributed by atoms with E-state index in [0.29, 0.717) is 16.0 Å². The van der Waals surface area contributed by atoms with Gasteiger partial charge in [0.25, 0.3) is 5.91 Å². The van der Waals surface area contributed by atoms with Crippen LogP contribution < -0.4 is 10.3 Å². The molecule has 150 valence electrons. The van der Waals surface area contributed by atoms with Gasteiger partial charge in [0, 0.05) is 37.4 Å². The number of anilines is 1. The van der Waals surface area contributed by atoms with E-state index in [0.717, 1.165) is 16.8 Å². The Kier molecular flexibility index (Phi) is 6.90. The molecule has 0 saturated carbocycles. The lowest BCUT2D eigenvalue weighted by Gasteiger charge is -2.11. The van der Waals surface area contributed by atoms with Crippen LogP contribution in [0.25, 0.3) is 11.4 Å². The van der Waals surface area contributed by atoms with Crippen molar-refractivity contribution in [3.05, 3.63) is 59.1 Å². The van der Waals surface area contributed by atoms with E-state index in [4.69, 9.17) is 11.6 Å². The van der Waals surface area contributed by atoms with Crippen LogP contribution in [-0.4, -0.2) is 46.7 Å². The van der Waals surface area contributed by atoms with Crippen molar-refractivity contribution >= 4 is 41.2 Å². The van der Waals surface area contributed by atoms with Crippen LogP contribution in [0.5, 0.6) is 0 Å². The molecule has 1 aromatic heterocycles. The van der Waals surface area contributed by atoms with Crippen molar-refractivity contribution < 1.29 is 4.79 Å². The van der Waals surface area contributed by atoms with E-state index in [-0.39, 0.29) is 11.7 Å². The van der Waals surface area contributed by atoms with Crippen LogP contribution >= 0.6 is 23.4 Å². The van der Waals surface area contributed by atoms with Crippen molar-refractivity contribution in [1.82, 2.24) is 20.2 Å². The van der Waals surface area contributed by atoms with Gasteiger partial charge in [-0.25, -0.2) is 5.43 Å². The third-order valence-corrected chi connectivity index (χ3v) is 5.32. The number of benzene rings is 2. The molecule has 0 aliphatic heterocycles. The lowest BCUT2D eigenvalue weighted by Crippen LogP contribution is -2.19. The molecule has 0 aliphatic rings. The Hall–Kier alpha value is -2.84. The van der Waals surface area contributed by atoms with E-state index in [1.54, 1.807) is 12.3 Å². The molecule has 0 saturated heterocycles. The number of hydrogen-bond acceptors (Lipinski definition) is 6. The molecule has 1 amide bonds. The van der Waals surface area contributed by atoms with Gasteiger partial charge in [0.15, 0.2) is 11.0 Å². The zero-order valence-electron chi connectivity index (χ0n) is 16.3. The van der Waals surface area contributed by atoms with E-state index in [2.05, 4.69) is 20.7 Å². The Morgan fingerprint density at radius 3 is 2.69 bits per heavy atom. The van der Waals surface area contributed by atoms with Gasteiger partial charge >= 0.3 is 0 Å². The molecule has 3 rings (SSSR count). The average molecular weight is 429 g/mol. The summed E-state index contributed by atoms with van der Waals surface area (Å²) in [6.07, 6.45) is 1.61. The zero-order chi connectivity index (χ0) is 20.8. The van der Waals surface area contributed by atoms with Crippen LogP contribution in [-0.2, 0) is 11.8 Å². The largest absolute Gasteiger partial charge is 0.378 e. The van der Waals surface area contributed by atoms with Gasteiger partial charge in [0.05, 0.1) is 12.0 Å². The first-order chi connectivity index (χ1) is 13.9. The molecule has 2 aromatic carbocycles. The average Bonchev–Trinajstić information content (AvgIpc) is 3.07. The minimum Gasteiger partial charge on any atom is -0.378 e. The van der Waals surface area contributed by atoms with Crippen LogP contribution in [0, 0.1) is 0 Å². The molecule has 0 spiro atoms. The van der Waals surface area contributed by atoms with Crippen molar-refractivity contribution in [2.24, 2.45) is 12.1 Å². The Labute approximate surface area is 178 Å². The zero-order valence-corrected chi connectivity index (χ0v) is 17.9. The summed E-state index contributed by atoms with van der Waals surface area (Å²) in [6.45, 7) is 0. The molecular weight excluding hydrogens is 408 g/mol. The van der Waals surface area contributed by atoms with Gasteiger partial charge in [-0.05, 0) is 29.8 Å². The molecule has 1 heterocycles. The Bertz CT molecular complexity index is 1020. The molecule has 0 aliphatic carbocycles. The summed E-state index contributed by atoms with van der Waals surface area (Å²) in [4.78, 5) is 14.1. The number of thioether (sulfide) groups is 1. The van der Waals surface area contributed by atoms with Crippen molar-refractivity contribution in [1.29, 1.82) is 0 Å². The van der Waals surface area contributed by atoms with Crippen molar-refractivity contribution in [2.75, 3.05) is 24.7 Å². The predicted octanol–water partition coefficient (Wildman–Crippen LogP) is 3.44. The molecule has 9 heteroatoms. The van der Waals surface area contributed by atoms with E-state index in [9.17, 15) is 4.79 Å². The number of aromatic nitrogens is 3. The number of amides is 1. The van der Waals surface area contributed by atoms with Gasteiger partial charge in [0.1, 0.15) is 0 Å². The first-order valence-corrected chi connectivity index (χ1v) is 10.2. The molecule has 29 heavy (non-hydrogen) atoms. The number of halogens is 1. The van der Waals surface area contributed by atoms with Crippen molar-refractivity contribution in [3.8, 4) is 11.4 Å². The van der Waals surface area contributed by atoms with Crippen LogP contribution in [0.4, 0.5) is 5.69 Å². The minimum absolute atomic E-state index is 0.179. The van der Waals surface area contributed by atoms with Gasteiger partial charge in [-0.3, -0.25) is 4.79 Å². The molecule has 7 nitrogen and oxygen atoms in total. The lowest BCUT2D eigenvalue weighted by atomic mass is 10.2. The van der Waals surface area contributed by atoms with Crippen LogP contribution in [0.2, 0.25) is 5.02 Å². The Morgan fingerprint density at radius 1 is 1.24 bits per heavy atom. The summed E-state index contributed by atoms with van der Waals surface area (Å²) in [5, 5.41) is 13.6. The summed E-state index contributed by atoms with van der Waals surface area (Å²) in [7, 11) is 5.82. The summed E-state index contributed by atoms with van der Waals surface area (Å²) in [6, 6.07) is 15.3. The number of nitrogens with one attached hydrogen (secondary N) is 1. The van der Waals surface area contributed by atoms with E-state index in [1.165, 1.54) is 11.8 Å². The summed E-state index contributed by atoms with van der Waals surface area (Å²) >= 11 is 7.33. The Balaban J connectivity index is 1.53. The highest BCUT2D eigenvalue weighted by Crippen LogP contribution is 2.24. The van der Waals surface area contributed by atoms with Gasteiger partial charge in [-0.1, -0.05) is 47.6 Å². The van der Waals surface area contributed by atoms with Gasteiger partial charge in [-0.2, -0.15) is 5.10 Å². The normalized spacial score (nSPS) is 11.0. The second-order valence-electron chi connectivity index (χ2n) is 6.44. The molecule has 0 unspecified atom stereocenters. The van der Waals surface area contributed by atoms with Crippen LogP contribution in [0.3, 0.4) is 0 Å². The lowest BCUT2D eigenvalue weighted by molar-refractivity contribution is -0.118. The number of carbonyl (C=O) groups is 1. The second-order valence-corrected chi connectivity index (χ2v) is 7.82. The number of hydrogen-bond donors (Lipinski definition) is 1. The van der Waals surface area contributed by atoms with Gasteiger partial charge in [-0.15, -0.1) is 10.2 Å². The van der Waals surface area contributed by atoms with E-state index in [1.807, 2.05) is 73.1 Å². The first kappa shape index (κ1) is 20.9. The van der Waals surface area contributed by atoms with Crippen LogP contribution in [0.15, 0.2) is 58.8 Å². The maximum Gasteiger partial charge on any atom is 0.250 e. The fourth-order valence-electron chi connectivity index (χ4n) is 2.52. The van der Waals surface area contributed by atoms with Gasteiger partial charge in [0.2, 0.25) is 0 Å². The maximum absolute atomic E-state index is 12.1. The fourth-order valence-corrected chi connectivity index (χ4v) is 3.41. The highest BCUT2D eigenvalue weighted by atomic mass is 35.5. The summed E-state index contributed by atoms with van der Waals surface area (Å²) in [5.74, 6) is 0.649. The minimum atomic E-state index is -0.219. The van der Waals surface area contributed by atoms with Crippen molar-refractivity contribution in [3.63, 3.8) is 0 Å². The number of nitrogens with zero attached hydrogens (tertiary/aromatic N) is 5. The first-order valence-electron chi connectivity index (χ1n) is 8.81. The monoisotopic (exact) mass is 428 g/mol. The standard InChI is InChI=1S/C20H21ClN6OS/c1-26(2)17-9-7-14(8-10-17)12-22-23-18(28)13-29-20-25-24-19(27(20)3)15-5-4-6-16(21)11-15/h4-12H,13H2,1-3H3,(H,23,28)/b22-12-. The predicted molar refractivity (Wildman–Crippen MR) is 119 cm³/mol. The SMILES string of the molecule is CN(C)c1ccc(/C=N\NC(=O)CSc2nnc(-c3cccc(Cl)c3)n2C)cc1. The van der Waals surface area contributed by atoms with Gasteiger partial charge < -0.3 is 9.47 Å². The topological polar surface area (TPSA) is 75.4 Å². The third-order valence-electron chi connectivity index (χ3n) is 4.06. The molecule has 0 radical (unpaired) electrons. The summed E-state index contributed by atoms with van der Waals surface area (Å²) < 4.78 is 1.83. The quantitative estimate of drug-likeness (QED) is 0.354. The highest BCUT2D eigenvalue weighted by molar-refractivity contribution is 7.99. The van der Waals surface area contributed by atoms with Crippen LogP contribution in [0.1, 0.15) is 5.56 Å². The molecule has 0 atom stereocenters. The molecule has 0 fully saturated rings. The highest BCUT2D eigenvalue weighted by Gasteiger charge is 2.13. The third kappa shape index (κ3) is 5.58.